The Labute approximate surface area is 123 Å². The van der Waals surface area contributed by atoms with E-state index in [-0.39, 0.29) is 17.0 Å². The molecule has 0 aromatic carbocycles. The first-order chi connectivity index (χ1) is 9.58. The van der Waals surface area contributed by atoms with Crippen LogP contribution in [0.4, 0.5) is 5.00 Å². The first kappa shape index (κ1) is 13.3. The summed E-state index contributed by atoms with van der Waals surface area (Å²) in [6, 6.07) is 3.44. The Balaban J connectivity index is 1.86. The van der Waals surface area contributed by atoms with Crippen LogP contribution in [-0.4, -0.2) is 22.3 Å². The second-order valence-electron chi connectivity index (χ2n) is 4.65. The molecule has 2 aromatic rings. The second-order valence-corrected chi connectivity index (χ2v) is 6.54. The molecular formula is C13H12N2O3S2. The van der Waals surface area contributed by atoms with Crippen LogP contribution in [0.1, 0.15) is 33.8 Å². The van der Waals surface area contributed by atoms with E-state index in [4.69, 9.17) is 0 Å². The van der Waals surface area contributed by atoms with Crippen LogP contribution in [0.2, 0.25) is 0 Å². The SMILES string of the molecule is C[C@H]1c2ccsc2CCN1C(=O)c1csc([N+](=O)[O-])c1. The highest BCUT2D eigenvalue weighted by molar-refractivity contribution is 7.13. The van der Waals surface area contributed by atoms with Crippen molar-refractivity contribution in [1.29, 1.82) is 0 Å². The topological polar surface area (TPSA) is 63.5 Å². The van der Waals surface area contributed by atoms with Crippen molar-refractivity contribution >= 4 is 33.6 Å². The summed E-state index contributed by atoms with van der Waals surface area (Å²) in [5.41, 5.74) is 1.60. The zero-order chi connectivity index (χ0) is 14.3. The molecule has 104 valence electrons. The molecule has 1 atom stereocenters. The lowest BCUT2D eigenvalue weighted by atomic mass is 10.0. The standard InChI is InChI=1S/C13H12N2O3S2/c1-8-10-3-5-19-11(10)2-4-14(8)13(16)9-6-12(15(17)18)20-7-9/h3,5-8H,2,4H2,1H3/t8-/m0/s1. The van der Waals surface area contributed by atoms with Crippen LogP contribution in [0.25, 0.3) is 0 Å². The highest BCUT2D eigenvalue weighted by Gasteiger charge is 2.30. The summed E-state index contributed by atoms with van der Waals surface area (Å²) in [7, 11) is 0. The zero-order valence-corrected chi connectivity index (χ0v) is 12.4. The highest BCUT2D eigenvalue weighted by Crippen LogP contribution is 2.34. The average Bonchev–Trinajstić information content (AvgIpc) is 3.08. The van der Waals surface area contributed by atoms with E-state index in [1.807, 2.05) is 12.3 Å². The Hall–Kier alpha value is -1.73. The summed E-state index contributed by atoms with van der Waals surface area (Å²) < 4.78 is 0. The Morgan fingerprint density at radius 3 is 3.00 bits per heavy atom. The van der Waals surface area contributed by atoms with Gasteiger partial charge in [-0.3, -0.25) is 14.9 Å². The molecule has 7 heteroatoms. The van der Waals surface area contributed by atoms with Crippen LogP contribution >= 0.6 is 22.7 Å². The van der Waals surface area contributed by atoms with Crippen LogP contribution in [0, 0.1) is 10.1 Å². The lowest BCUT2D eigenvalue weighted by molar-refractivity contribution is -0.380. The van der Waals surface area contributed by atoms with Gasteiger partial charge in [0.05, 0.1) is 16.5 Å². The normalized spacial score (nSPS) is 17.9. The summed E-state index contributed by atoms with van der Waals surface area (Å²) in [5.74, 6) is -0.126. The predicted octanol–water partition coefficient (Wildman–Crippen LogP) is 3.48. The number of rotatable bonds is 2. The van der Waals surface area contributed by atoms with Gasteiger partial charge in [-0.15, -0.1) is 11.3 Å². The average molecular weight is 308 g/mol. The fraction of sp³-hybridized carbons (Fsp3) is 0.308. The van der Waals surface area contributed by atoms with Gasteiger partial charge in [-0.2, -0.15) is 0 Å². The van der Waals surface area contributed by atoms with Gasteiger partial charge < -0.3 is 4.90 Å². The first-order valence-corrected chi connectivity index (χ1v) is 7.94. The molecule has 0 aliphatic carbocycles. The zero-order valence-electron chi connectivity index (χ0n) is 10.7. The number of hydrogen-bond acceptors (Lipinski definition) is 5. The van der Waals surface area contributed by atoms with Gasteiger partial charge in [0.1, 0.15) is 0 Å². The number of carbonyl (C=O) groups is 1. The Bertz CT molecular complexity index is 677. The molecule has 0 saturated heterocycles. The Morgan fingerprint density at radius 2 is 2.30 bits per heavy atom. The minimum Gasteiger partial charge on any atom is -0.331 e. The van der Waals surface area contributed by atoms with Gasteiger partial charge in [-0.25, -0.2) is 0 Å². The number of nitro groups is 1. The number of carbonyl (C=O) groups excluding carboxylic acids is 1. The number of thiophene rings is 2. The van der Waals surface area contributed by atoms with Crippen molar-refractivity contribution in [3.05, 3.63) is 49.0 Å². The highest BCUT2D eigenvalue weighted by atomic mass is 32.1. The molecule has 0 unspecified atom stereocenters. The fourth-order valence-corrected chi connectivity index (χ4v) is 4.15. The fourth-order valence-electron chi connectivity index (χ4n) is 2.49. The van der Waals surface area contributed by atoms with Crippen LogP contribution in [0.15, 0.2) is 22.9 Å². The summed E-state index contributed by atoms with van der Waals surface area (Å²) >= 11 is 2.72. The van der Waals surface area contributed by atoms with Crippen molar-refractivity contribution in [2.24, 2.45) is 0 Å². The van der Waals surface area contributed by atoms with Crippen molar-refractivity contribution in [2.45, 2.75) is 19.4 Å². The van der Waals surface area contributed by atoms with Gasteiger partial charge in [-0.1, -0.05) is 11.3 Å². The summed E-state index contributed by atoms with van der Waals surface area (Å²) in [5, 5.41) is 14.3. The molecule has 5 nitrogen and oxygen atoms in total. The van der Waals surface area contributed by atoms with E-state index < -0.39 is 4.92 Å². The van der Waals surface area contributed by atoms with E-state index in [0.29, 0.717) is 12.1 Å². The van der Waals surface area contributed by atoms with Gasteiger partial charge in [0.15, 0.2) is 0 Å². The maximum Gasteiger partial charge on any atom is 0.324 e. The molecule has 1 amide bonds. The van der Waals surface area contributed by atoms with E-state index in [1.54, 1.807) is 21.6 Å². The van der Waals surface area contributed by atoms with Gasteiger partial charge in [0, 0.05) is 22.9 Å². The van der Waals surface area contributed by atoms with Crippen LogP contribution in [0.5, 0.6) is 0 Å². The summed E-state index contributed by atoms with van der Waals surface area (Å²) in [6.45, 7) is 2.67. The van der Waals surface area contributed by atoms with Crippen molar-refractivity contribution < 1.29 is 9.72 Å². The smallest absolute Gasteiger partial charge is 0.324 e. The predicted molar refractivity (Wildman–Crippen MR) is 78.4 cm³/mol. The van der Waals surface area contributed by atoms with E-state index >= 15 is 0 Å². The van der Waals surface area contributed by atoms with E-state index in [9.17, 15) is 14.9 Å². The largest absolute Gasteiger partial charge is 0.331 e. The first-order valence-electron chi connectivity index (χ1n) is 6.18. The van der Waals surface area contributed by atoms with Crippen molar-refractivity contribution in [3.63, 3.8) is 0 Å². The van der Waals surface area contributed by atoms with Crippen molar-refractivity contribution in [2.75, 3.05) is 6.54 Å². The molecule has 0 saturated carbocycles. The molecule has 0 N–H and O–H groups in total. The van der Waals surface area contributed by atoms with Gasteiger partial charge in [-0.05, 0) is 30.4 Å². The third-order valence-corrected chi connectivity index (χ3v) is 5.43. The maximum atomic E-state index is 12.5. The lowest BCUT2D eigenvalue weighted by Gasteiger charge is -2.33. The van der Waals surface area contributed by atoms with E-state index in [1.165, 1.54) is 16.5 Å². The molecule has 0 bridgehead atoms. The van der Waals surface area contributed by atoms with Gasteiger partial charge >= 0.3 is 5.00 Å². The molecule has 3 rings (SSSR count). The Kier molecular flexibility index (Phi) is 3.31. The van der Waals surface area contributed by atoms with E-state index in [2.05, 4.69) is 6.07 Å². The molecule has 1 aliphatic heterocycles. The van der Waals surface area contributed by atoms with Gasteiger partial charge in [0.2, 0.25) is 0 Å². The van der Waals surface area contributed by atoms with Crippen LogP contribution in [0.3, 0.4) is 0 Å². The van der Waals surface area contributed by atoms with Crippen molar-refractivity contribution in [3.8, 4) is 0 Å². The minimum absolute atomic E-state index is 0.00855. The molecule has 1 aliphatic rings. The lowest BCUT2D eigenvalue weighted by Crippen LogP contribution is -2.38. The maximum absolute atomic E-state index is 12.5. The summed E-state index contributed by atoms with van der Waals surface area (Å²) in [4.78, 5) is 25.9. The molecule has 2 aromatic heterocycles. The van der Waals surface area contributed by atoms with Gasteiger partial charge in [0.25, 0.3) is 5.91 Å². The van der Waals surface area contributed by atoms with Crippen LogP contribution < -0.4 is 0 Å². The molecule has 20 heavy (non-hydrogen) atoms. The number of nitrogens with zero attached hydrogens (tertiary/aromatic N) is 2. The number of hydrogen-bond donors (Lipinski definition) is 0. The molecule has 0 spiro atoms. The third kappa shape index (κ3) is 2.12. The number of fused-ring (bicyclic) bond motifs is 1. The molecule has 0 fully saturated rings. The Morgan fingerprint density at radius 1 is 1.50 bits per heavy atom. The molecular weight excluding hydrogens is 296 g/mol. The van der Waals surface area contributed by atoms with Crippen molar-refractivity contribution in [1.82, 2.24) is 4.90 Å². The minimum atomic E-state index is -0.460. The molecule has 3 heterocycles. The quantitative estimate of drug-likeness (QED) is 0.630. The second kappa shape index (κ2) is 4.99. The van der Waals surface area contributed by atoms with Crippen LogP contribution in [-0.2, 0) is 6.42 Å². The summed E-state index contributed by atoms with van der Waals surface area (Å²) in [6.07, 6.45) is 0.856. The monoisotopic (exact) mass is 308 g/mol. The van der Waals surface area contributed by atoms with E-state index in [0.717, 1.165) is 17.8 Å². The molecule has 0 radical (unpaired) electrons. The third-order valence-electron chi connectivity index (χ3n) is 3.55. The number of amides is 1.